The number of hydrogen-bond donors (Lipinski definition) is 1. The Morgan fingerprint density at radius 2 is 1.71 bits per heavy atom. The van der Waals surface area contributed by atoms with Crippen LogP contribution in [0.15, 0.2) is 85.2 Å². The Labute approximate surface area is 163 Å². The van der Waals surface area contributed by atoms with Gasteiger partial charge in [0.25, 0.3) is 0 Å². The van der Waals surface area contributed by atoms with Crippen LogP contribution in [0.1, 0.15) is 16.7 Å². The maximum atomic E-state index is 13.9. The summed E-state index contributed by atoms with van der Waals surface area (Å²) >= 11 is 0. The molecule has 0 aliphatic heterocycles. The Kier molecular flexibility index (Phi) is 5.59. The van der Waals surface area contributed by atoms with Gasteiger partial charge in [-0.3, -0.25) is 4.98 Å². The molecule has 28 heavy (non-hydrogen) atoms. The number of hydrogen-bond acceptors (Lipinski definition) is 3. The molecule has 1 aromatic heterocycles. The van der Waals surface area contributed by atoms with E-state index in [0.29, 0.717) is 18.7 Å². The Balaban J connectivity index is 1.56. The van der Waals surface area contributed by atoms with Crippen LogP contribution < -0.4 is 10.1 Å². The van der Waals surface area contributed by atoms with Crippen molar-refractivity contribution in [3.8, 4) is 5.75 Å². The Morgan fingerprint density at radius 3 is 2.57 bits per heavy atom. The van der Waals surface area contributed by atoms with Crippen LogP contribution >= 0.6 is 0 Å². The fraction of sp³-hybridized carbons (Fsp3) is 0.125. The normalized spacial score (nSPS) is 10.9. The maximum Gasteiger partial charge on any atom is 0.129 e. The van der Waals surface area contributed by atoms with E-state index in [9.17, 15) is 4.39 Å². The van der Waals surface area contributed by atoms with E-state index >= 15 is 0 Å². The van der Waals surface area contributed by atoms with Gasteiger partial charge < -0.3 is 10.1 Å². The molecule has 4 heteroatoms. The molecule has 0 saturated heterocycles. The van der Waals surface area contributed by atoms with Gasteiger partial charge in [0.2, 0.25) is 0 Å². The number of benzene rings is 3. The first-order valence-corrected chi connectivity index (χ1v) is 9.28. The SMILES string of the molecule is Fc1ccccc1COc1ccc2ccccc2c1CNCc1cccnc1. The molecule has 3 nitrogen and oxygen atoms in total. The molecule has 0 bridgehead atoms. The van der Waals surface area contributed by atoms with Gasteiger partial charge in [-0.15, -0.1) is 0 Å². The lowest BCUT2D eigenvalue weighted by Gasteiger charge is -2.15. The van der Waals surface area contributed by atoms with Crippen LogP contribution in [0, 0.1) is 5.82 Å². The lowest BCUT2D eigenvalue weighted by Crippen LogP contribution is -2.14. The van der Waals surface area contributed by atoms with Gasteiger partial charge in [-0.2, -0.15) is 0 Å². The number of rotatable bonds is 7. The van der Waals surface area contributed by atoms with Crippen molar-refractivity contribution in [3.05, 3.63) is 108 Å². The summed E-state index contributed by atoms with van der Waals surface area (Å²) in [5.41, 5.74) is 2.74. The lowest BCUT2D eigenvalue weighted by molar-refractivity contribution is 0.296. The highest BCUT2D eigenvalue weighted by Gasteiger charge is 2.10. The number of aromatic nitrogens is 1. The molecule has 0 atom stereocenters. The van der Waals surface area contributed by atoms with Crippen LogP contribution in [0.3, 0.4) is 0 Å². The molecule has 1 heterocycles. The maximum absolute atomic E-state index is 13.9. The molecule has 0 unspecified atom stereocenters. The number of nitrogens with one attached hydrogen (secondary N) is 1. The zero-order chi connectivity index (χ0) is 19.2. The molecule has 0 fully saturated rings. The molecule has 140 valence electrons. The van der Waals surface area contributed by atoms with E-state index in [-0.39, 0.29) is 12.4 Å². The van der Waals surface area contributed by atoms with Gasteiger partial charge in [0, 0.05) is 36.6 Å². The van der Waals surface area contributed by atoms with E-state index in [4.69, 9.17) is 4.74 Å². The van der Waals surface area contributed by atoms with Crippen LogP contribution in [0.4, 0.5) is 4.39 Å². The van der Waals surface area contributed by atoms with Crippen molar-refractivity contribution in [2.45, 2.75) is 19.7 Å². The number of halogens is 1. The van der Waals surface area contributed by atoms with E-state index in [2.05, 4.69) is 22.4 Å². The standard InChI is InChI=1S/C24H21FN2O/c25-23-10-4-2-8-20(23)17-28-24-12-11-19-7-1-3-9-21(19)22(24)16-27-15-18-6-5-13-26-14-18/h1-14,27H,15-17H2. The van der Waals surface area contributed by atoms with E-state index in [1.165, 1.54) is 6.07 Å². The summed E-state index contributed by atoms with van der Waals surface area (Å²) in [6.07, 6.45) is 3.62. The molecule has 0 amide bonds. The summed E-state index contributed by atoms with van der Waals surface area (Å²) in [5.74, 6) is 0.514. The van der Waals surface area contributed by atoms with Crippen molar-refractivity contribution in [2.75, 3.05) is 0 Å². The number of ether oxygens (including phenoxy) is 1. The summed E-state index contributed by atoms with van der Waals surface area (Å²) < 4.78 is 20.0. The lowest BCUT2D eigenvalue weighted by atomic mass is 10.0. The van der Waals surface area contributed by atoms with Crippen LogP contribution in [0.25, 0.3) is 10.8 Å². The number of nitrogens with zero attached hydrogens (tertiary/aromatic N) is 1. The Morgan fingerprint density at radius 1 is 0.857 bits per heavy atom. The fourth-order valence-corrected chi connectivity index (χ4v) is 3.24. The van der Waals surface area contributed by atoms with E-state index in [0.717, 1.165) is 27.6 Å². The van der Waals surface area contributed by atoms with Gasteiger partial charge in [0.15, 0.2) is 0 Å². The van der Waals surface area contributed by atoms with Gasteiger partial charge >= 0.3 is 0 Å². The minimum atomic E-state index is -0.250. The van der Waals surface area contributed by atoms with Gasteiger partial charge in [0.05, 0.1) is 0 Å². The van der Waals surface area contributed by atoms with Crippen molar-refractivity contribution in [1.29, 1.82) is 0 Å². The third-order valence-electron chi connectivity index (χ3n) is 4.69. The molecule has 0 aliphatic carbocycles. The summed E-state index contributed by atoms with van der Waals surface area (Å²) in [5, 5.41) is 5.75. The average molecular weight is 372 g/mol. The zero-order valence-electron chi connectivity index (χ0n) is 15.4. The van der Waals surface area contributed by atoms with Crippen LogP contribution in [-0.2, 0) is 19.7 Å². The van der Waals surface area contributed by atoms with E-state index in [1.807, 2.05) is 48.7 Å². The van der Waals surface area contributed by atoms with E-state index < -0.39 is 0 Å². The van der Waals surface area contributed by atoms with Crippen LogP contribution in [-0.4, -0.2) is 4.98 Å². The Hall–Kier alpha value is -3.24. The minimum absolute atomic E-state index is 0.195. The highest BCUT2D eigenvalue weighted by atomic mass is 19.1. The predicted octanol–water partition coefficient (Wildman–Crippen LogP) is 5.24. The Bertz CT molecular complexity index is 1070. The van der Waals surface area contributed by atoms with Crippen LogP contribution in [0.2, 0.25) is 0 Å². The zero-order valence-corrected chi connectivity index (χ0v) is 15.4. The number of fused-ring (bicyclic) bond motifs is 1. The molecule has 4 rings (SSSR count). The van der Waals surface area contributed by atoms with E-state index in [1.54, 1.807) is 18.3 Å². The van der Waals surface area contributed by atoms with Crippen molar-refractivity contribution >= 4 is 10.8 Å². The average Bonchev–Trinajstić information content (AvgIpc) is 2.74. The first-order chi connectivity index (χ1) is 13.8. The van der Waals surface area contributed by atoms with Gasteiger partial charge in [-0.1, -0.05) is 54.6 Å². The molecule has 0 radical (unpaired) electrons. The second kappa shape index (κ2) is 8.63. The highest BCUT2D eigenvalue weighted by molar-refractivity contribution is 5.87. The summed E-state index contributed by atoms with van der Waals surface area (Å²) in [6.45, 7) is 1.55. The summed E-state index contributed by atoms with van der Waals surface area (Å²) in [4.78, 5) is 4.15. The smallest absolute Gasteiger partial charge is 0.129 e. The summed E-state index contributed by atoms with van der Waals surface area (Å²) in [6, 6.07) is 22.9. The van der Waals surface area contributed by atoms with Crippen molar-refractivity contribution in [3.63, 3.8) is 0 Å². The first-order valence-electron chi connectivity index (χ1n) is 9.28. The number of pyridine rings is 1. The van der Waals surface area contributed by atoms with Crippen molar-refractivity contribution in [2.24, 2.45) is 0 Å². The molecule has 0 spiro atoms. The molecular formula is C24H21FN2O. The van der Waals surface area contributed by atoms with Gasteiger partial charge in [-0.25, -0.2) is 4.39 Å². The quantitative estimate of drug-likeness (QED) is 0.482. The first kappa shape index (κ1) is 18.1. The third kappa shape index (κ3) is 4.18. The third-order valence-corrected chi connectivity index (χ3v) is 4.69. The summed E-state index contributed by atoms with van der Waals surface area (Å²) in [7, 11) is 0. The van der Waals surface area contributed by atoms with Crippen molar-refractivity contribution in [1.82, 2.24) is 10.3 Å². The van der Waals surface area contributed by atoms with Gasteiger partial charge in [0.1, 0.15) is 18.2 Å². The van der Waals surface area contributed by atoms with Crippen molar-refractivity contribution < 1.29 is 9.13 Å². The molecular weight excluding hydrogens is 351 g/mol. The molecule has 1 N–H and O–H groups in total. The van der Waals surface area contributed by atoms with Crippen LogP contribution in [0.5, 0.6) is 5.75 Å². The predicted molar refractivity (Wildman–Crippen MR) is 109 cm³/mol. The molecule has 0 aliphatic rings. The second-order valence-electron chi connectivity index (χ2n) is 6.61. The molecule has 4 aromatic rings. The highest BCUT2D eigenvalue weighted by Crippen LogP contribution is 2.29. The molecule has 3 aromatic carbocycles. The largest absolute Gasteiger partial charge is 0.488 e. The van der Waals surface area contributed by atoms with Gasteiger partial charge in [-0.05, 0) is 34.5 Å². The minimum Gasteiger partial charge on any atom is -0.488 e. The monoisotopic (exact) mass is 372 g/mol. The fourth-order valence-electron chi connectivity index (χ4n) is 3.24. The topological polar surface area (TPSA) is 34.1 Å². The molecule has 0 saturated carbocycles. The second-order valence-corrected chi connectivity index (χ2v) is 6.61.